The summed E-state index contributed by atoms with van der Waals surface area (Å²) in [7, 11) is 11.4. The largest absolute Gasteiger partial charge is 0.353 e. The van der Waals surface area contributed by atoms with E-state index in [1.54, 1.807) is 0 Å². The van der Waals surface area contributed by atoms with Gasteiger partial charge in [0.05, 0.1) is 7.85 Å². The highest BCUT2D eigenvalue weighted by molar-refractivity contribution is 7.96. The summed E-state index contributed by atoms with van der Waals surface area (Å²) in [5.74, 6) is -0.312. The Hall–Kier alpha value is -0.0901. The van der Waals surface area contributed by atoms with Gasteiger partial charge in [-0.1, -0.05) is 12.6 Å². The van der Waals surface area contributed by atoms with Crippen LogP contribution >= 0.6 is 12.6 Å². The normalized spacial score (nSPS) is 18.1. The van der Waals surface area contributed by atoms with Gasteiger partial charge < -0.3 is 10.1 Å². The predicted molar refractivity (Wildman–Crippen MR) is 61.8 cm³/mol. The van der Waals surface area contributed by atoms with Gasteiger partial charge in [0.1, 0.15) is 0 Å². The number of hydrogen-bond donors (Lipinski definition) is 2. The summed E-state index contributed by atoms with van der Waals surface area (Å²) in [4.78, 5) is 12.4. The minimum absolute atomic E-state index is 0.312. The molecule has 14 heavy (non-hydrogen) atoms. The third-order valence-corrected chi connectivity index (χ3v) is 2.39. The van der Waals surface area contributed by atoms with Crippen molar-refractivity contribution in [3.05, 3.63) is 0 Å². The van der Waals surface area contributed by atoms with E-state index in [0.29, 0.717) is 6.04 Å². The van der Waals surface area contributed by atoms with E-state index in [1.165, 1.54) is 12.8 Å². The first-order chi connectivity index (χ1) is 6.59. The van der Waals surface area contributed by atoms with E-state index >= 15 is 0 Å². The van der Waals surface area contributed by atoms with Gasteiger partial charge in [0.25, 0.3) is 5.24 Å². The molecular formula is C8H14B2N2OS. The Morgan fingerprint density at radius 1 is 1.64 bits per heavy atom. The Bertz CT molecular complexity index is 202. The van der Waals surface area contributed by atoms with Crippen molar-refractivity contribution in [2.75, 3.05) is 6.54 Å². The van der Waals surface area contributed by atoms with E-state index in [0.717, 1.165) is 19.4 Å². The van der Waals surface area contributed by atoms with Crippen LogP contribution in [0.5, 0.6) is 0 Å². The molecule has 0 aromatic heterocycles. The number of thiol groups is 1. The Labute approximate surface area is 93.2 Å². The number of carbonyl (C=O) groups excluding carboxylic acids is 1. The molecular weight excluding hydrogens is 194 g/mol. The summed E-state index contributed by atoms with van der Waals surface area (Å²) in [5.41, 5.74) is 0. The zero-order valence-electron chi connectivity index (χ0n) is 8.15. The van der Waals surface area contributed by atoms with Gasteiger partial charge in [0, 0.05) is 0 Å². The minimum atomic E-state index is -0.385. The number of nitrogens with zero attached hydrogens (tertiary/aromatic N) is 1. The quantitative estimate of drug-likeness (QED) is 0.490. The lowest BCUT2D eigenvalue weighted by Crippen LogP contribution is -2.32. The Balaban J connectivity index is 1.99. The second-order valence-electron chi connectivity index (χ2n) is 3.67. The third-order valence-electron chi connectivity index (χ3n) is 2.26. The van der Waals surface area contributed by atoms with E-state index in [-0.39, 0.29) is 11.2 Å². The zero-order chi connectivity index (χ0) is 10.6. The predicted octanol–water partition coefficient (Wildman–Crippen LogP) is 0.448. The fourth-order valence-electron chi connectivity index (χ4n) is 1.31. The van der Waals surface area contributed by atoms with E-state index in [4.69, 9.17) is 15.8 Å². The highest BCUT2D eigenvalue weighted by Gasteiger charge is 2.24. The summed E-state index contributed by atoms with van der Waals surface area (Å²) >= 11 is 3.58. The van der Waals surface area contributed by atoms with Crippen molar-refractivity contribution in [1.29, 1.82) is 0 Å². The summed E-state index contributed by atoms with van der Waals surface area (Å²) in [6.07, 6.45) is 4.03. The average Bonchev–Trinajstić information content (AvgIpc) is 2.84. The van der Waals surface area contributed by atoms with Crippen molar-refractivity contribution < 1.29 is 4.79 Å². The van der Waals surface area contributed by atoms with Gasteiger partial charge in [-0.2, -0.15) is 0 Å². The number of amides is 1. The van der Waals surface area contributed by atoms with Crippen LogP contribution in [0, 0.1) is 0 Å². The average molecular weight is 208 g/mol. The number of carbonyl (C=O) groups is 1. The standard InChI is InChI=1S/C8H14B2N2OS/c9-7(11-8(13)14)2-1-5-12(10)6-3-4-6/h6-7H,1-5H2,(H2,11,13,14). The van der Waals surface area contributed by atoms with Gasteiger partial charge in [-0.3, -0.25) is 4.79 Å². The van der Waals surface area contributed by atoms with Crippen LogP contribution in [-0.2, 0) is 0 Å². The molecule has 1 N–H and O–H groups in total. The highest BCUT2D eigenvalue weighted by Crippen LogP contribution is 2.24. The molecule has 3 nitrogen and oxygen atoms in total. The second-order valence-corrected chi connectivity index (χ2v) is 4.07. The molecule has 1 aliphatic rings. The molecule has 0 aliphatic heterocycles. The van der Waals surface area contributed by atoms with Gasteiger partial charge in [-0.05, 0) is 44.2 Å². The van der Waals surface area contributed by atoms with Gasteiger partial charge >= 0.3 is 0 Å². The van der Waals surface area contributed by atoms with Gasteiger partial charge in [0.2, 0.25) is 0 Å². The fraction of sp³-hybridized carbons (Fsp3) is 0.875. The first kappa shape index (κ1) is 12.0. The van der Waals surface area contributed by atoms with Crippen molar-refractivity contribution in [2.24, 2.45) is 0 Å². The van der Waals surface area contributed by atoms with E-state index in [1.807, 2.05) is 4.81 Å². The molecule has 0 heterocycles. The molecule has 0 aromatic rings. The van der Waals surface area contributed by atoms with Crippen LogP contribution in [0.25, 0.3) is 0 Å². The Morgan fingerprint density at radius 3 is 2.79 bits per heavy atom. The minimum Gasteiger partial charge on any atom is -0.353 e. The Kier molecular flexibility index (Phi) is 4.89. The smallest absolute Gasteiger partial charge is 0.275 e. The van der Waals surface area contributed by atoms with Crippen LogP contribution in [0.4, 0.5) is 4.79 Å². The maximum Gasteiger partial charge on any atom is 0.275 e. The summed E-state index contributed by atoms with van der Waals surface area (Å²) in [6, 6.07) is 0.575. The molecule has 1 aliphatic carbocycles. The van der Waals surface area contributed by atoms with Gasteiger partial charge in [0.15, 0.2) is 7.98 Å². The first-order valence-electron chi connectivity index (χ1n) is 4.86. The van der Waals surface area contributed by atoms with Gasteiger partial charge in [-0.15, -0.1) is 0 Å². The van der Waals surface area contributed by atoms with Crippen molar-refractivity contribution in [2.45, 2.75) is 37.7 Å². The molecule has 1 amide bonds. The van der Waals surface area contributed by atoms with Crippen LogP contribution in [0.2, 0.25) is 0 Å². The lowest BCUT2D eigenvalue weighted by Gasteiger charge is -2.18. The number of rotatable bonds is 6. The molecule has 1 atom stereocenters. The summed E-state index contributed by atoms with van der Waals surface area (Å²) in [6.45, 7) is 0.834. The van der Waals surface area contributed by atoms with Crippen molar-refractivity contribution in [3.8, 4) is 0 Å². The van der Waals surface area contributed by atoms with Crippen molar-refractivity contribution >= 4 is 33.7 Å². The van der Waals surface area contributed by atoms with Crippen LogP contribution in [-0.4, -0.2) is 44.4 Å². The molecule has 1 saturated carbocycles. The molecule has 0 saturated heterocycles. The van der Waals surface area contributed by atoms with Crippen LogP contribution < -0.4 is 5.32 Å². The number of hydrogen-bond acceptors (Lipinski definition) is 2. The van der Waals surface area contributed by atoms with Crippen LogP contribution in [0.3, 0.4) is 0 Å². The van der Waals surface area contributed by atoms with E-state index in [2.05, 4.69) is 17.9 Å². The maximum atomic E-state index is 10.5. The Morgan fingerprint density at radius 2 is 2.29 bits per heavy atom. The van der Waals surface area contributed by atoms with Crippen LogP contribution in [0.15, 0.2) is 0 Å². The number of nitrogens with one attached hydrogen (secondary N) is 1. The zero-order valence-corrected chi connectivity index (χ0v) is 9.04. The molecule has 0 spiro atoms. The maximum absolute atomic E-state index is 10.5. The van der Waals surface area contributed by atoms with Crippen LogP contribution in [0.1, 0.15) is 25.7 Å². The van der Waals surface area contributed by atoms with E-state index in [9.17, 15) is 4.79 Å². The third kappa shape index (κ3) is 4.96. The fourth-order valence-corrected chi connectivity index (χ4v) is 1.48. The lowest BCUT2D eigenvalue weighted by molar-refractivity contribution is 0.259. The summed E-state index contributed by atoms with van der Waals surface area (Å²) < 4.78 is 0. The first-order valence-corrected chi connectivity index (χ1v) is 5.30. The molecule has 1 fully saturated rings. The SMILES string of the molecule is [B]C(CCCN([B])C1CC1)NC(=O)S. The van der Waals surface area contributed by atoms with Crippen molar-refractivity contribution in [3.63, 3.8) is 0 Å². The molecule has 0 aromatic carbocycles. The van der Waals surface area contributed by atoms with Gasteiger partial charge in [-0.25, -0.2) is 0 Å². The molecule has 0 bridgehead atoms. The lowest BCUT2D eigenvalue weighted by atomic mass is 9.92. The molecule has 4 radical (unpaired) electrons. The van der Waals surface area contributed by atoms with E-state index < -0.39 is 0 Å². The molecule has 6 heteroatoms. The highest BCUT2D eigenvalue weighted by atomic mass is 32.1. The topological polar surface area (TPSA) is 32.3 Å². The molecule has 1 unspecified atom stereocenters. The van der Waals surface area contributed by atoms with Crippen molar-refractivity contribution in [1.82, 2.24) is 10.1 Å². The monoisotopic (exact) mass is 208 g/mol. The summed E-state index contributed by atoms with van der Waals surface area (Å²) in [5, 5.41) is 2.12. The second kappa shape index (κ2) is 5.71. The molecule has 1 rings (SSSR count). The molecule has 74 valence electrons.